The molecule has 1 aromatic carbocycles. The Morgan fingerprint density at radius 2 is 1.96 bits per heavy atom. The summed E-state index contributed by atoms with van der Waals surface area (Å²) in [5.74, 6) is -1.08. The molecule has 0 aliphatic carbocycles. The Hall–Kier alpha value is -2.18. The third-order valence-corrected chi connectivity index (χ3v) is 4.91. The first-order chi connectivity index (χ1) is 11.6. The average Bonchev–Trinajstić information content (AvgIpc) is 2.86. The summed E-state index contributed by atoms with van der Waals surface area (Å²) in [4.78, 5) is 27.7. The van der Waals surface area contributed by atoms with Crippen LogP contribution in [0.25, 0.3) is 0 Å². The fourth-order valence-electron chi connectivity index (χ4n) is 3.64. The number of amides is 1. The third kappa shape index (κ3) is 3.20. The predicted octanol–water partition coefficient (Wildman–Crippen LogP) is -1.57. The number of rotatable bonds is 5. The van der Waals surface area contributed by atoms with Gasteiger partial charge in [-0.05, 0) is 12.5 Å². The van der Waals surface area contributed by atoms with Gasteiger partial charge in [0.25, 0.3) is 5.91 Å². The van der Waals surface area contributed by atoms with Crippen molar-refractivity contribution in [1.29, 1.82) is 0 Å². The molecule has 24 heavy (non-hydrogen) atoms. The number of nitrogens with zero attached hydrogens (tertiary/aromatic N) is 1. The van der Waals surface area contributed by atoms with Crippen LogP contribution >= 0.6 is 0 Å². The van der Waals surface area contributed by atoms with Crippen molar-refractivity contribution in [2.45, 2.75) is 13.0 Å². The number of aliphatic hydroxyl groups excluding tert-OH is 1. The first-order valence-electron chi connectivity index (χ1n) is 8.55. The molecule has 6 nitrogen and oxygen atoms in total. The van der Waals surface area contributed by atoms with Gasteiger partial charge in [0.1, 0.15) is 26.2 Å². The Morgan fingerprint density at radius 3 is 2.58 bits per heavy atom. The fraction of sp³-hybridized carbons (Fsp3) is 0.444. The smallest absolute Gasteiger partial charge is 0.290 e. The van der Waals surface area contributed by atoms with E-state index in [1.54, 1.807) is 4.90 Å². The van der Waals surface area contributed by atoms with Gasteiger partial charge in [-0.2, -0.15) is 0 Å². The molecule has 1 fully saturated rings. The Bertz CT molecular complexity index is 651. The summed E-state index contributed by atoms with van der Waals surface area (Å²) in [6, 6.07) is 8.99. The number of carbonyl (C=O) groups is 2. The van der Waals surface area contributed by atoms with E-state index in [1.165, 1.54) is 11.8 Å². The average molecular weight is 331 g/mol. The summed E-state index contributed by atoms with van der Waals surface area (Å²) >= 11 is 0. The Balaban J connectivity index is 1.83. The fourth-order valence-corrected chi connectivity index (χ4v) is 3.64. The summed E-state index contributed by atoms with van der Waals surface area (Å²) in [5, 5.41) is 12.5. The number of nitrogens with one attached hydrogen (secondary N) is 1. The molecule has 0 spiro atoms. The van der Waals surface area contributed by atoms with E-state index in [2.05, 4.69) is 5.32 Å². The Morgan fingerprint density at radius 1 is 1.29 bits per heavy atom. The molecule has 0 saturated carbocycles. The summed E-state index contributed by atoms with van der Waals surface area (Å²) in [6.07, 6.45) is 0. The molecule has 0 radical (unpaired) electrons. The molecule has 0 aromatic heterocycles. The van der Waals surface area contributed by atoms with E-state index in [1.807, 2.05) is 30.3 Å². The maximum Gasteiger partial charge on any atom is 0.290 e. The molecule has 0 bridgehead atoms. The SMILES string of the molecule is CC(=O)C1=C(O)C(=O)N(CC[NH+]2CC[NH2+]CC2)[C@H]1c1ccccc1. The van der Waals surface area contributed by atoms with Gasteiger partial charge in [-0.1, -0.05) is 30.3 Å². The number of carbonyl (C=O) groups excluding carboxylic acids is 2. The molecule has 2 aliphatic heterocycles. The predicted molar refractivity (Wildman–Crippen MR) is 88.5 cm³/mol. The minimum atomic E-state index is -0.480. The first kappa shape index (κ1) is 16.7. The number of quaternary nitrogens is 2. The van der Waals surface area contributed by atoms with Crippen molar-refractivity contribution in [2.24, 2.45) is 0 Å². The highest BCUT2D eigenvalue weighted by molar-refractivity contribution is 6.08. The molecule has 128 valence electrons. The van der Waals surface area contributed by atoms with Gasteiger partial charge in [0, 0.05) is 0 Å². The lowest BCUT2D eigenvalue weighted by molar-refractivity contribution is -0.946. The van der Waals surface area contributed by atoms with Gasteiger partial charge in [-0.15, -0.1) is 0 Å². The molecule has 4 N–H and O–H groups in total. The van der Waals surface area contributed by atoms with E-state index >= 15 is 0 Å². The number of hydrogen-bond acceptors (Lipinski definition) is 3. The zero-order chi connectivity index (χ0) is 17.1. The van der Waals surface area contributed by atoms with Crippen LogP contribution in [0.5, 0.6) is 0 Å². The normalized spacial score (nSPS) is 22.3. The minimum absolute atomic E-state index is 0.216. The summed E-state index contributed by atoms with van der Waals surface area (Å²) in [7, 11) is 0. The van der Waals surface area contributed by atoms with Crippen LogP contribution in [0.3, 0.4) is 0 Å². The van der Waals surface area contributed by atoms with Crippen molar-refractivity contribution in [2.75, 3.05) is 39.3 Å². The summed E-state index contributed by atoms with van der Waals surface area (Å²) < 4.78 is 0. The van der Waals surface area contributed by atoms with Crippen molar-refractivity contribution in [1.82, 2.24) is 4.90 Å². The quantitative estimate of drug-likeness (QED) is 0.610. The monoisotopic (exact) mass is 331 g/mol. The highest BCUT2D eigenvalue weighted by atomic mass is 16.3. The van der Waals surface area contributed by atoms with E-state index in [-0.39, 0.29) is 11.4 Å². The maximum absolute atomic E-state index is 12.5. The number of aliphatic hydroxyl groups is 1. The Kier molecular flexibility index (Phi) is 4.97. The number of ketones is 1. The van der Waals surface area contributed by atoms with E-state index in [0.717, 1.165) is 38.3 Å². The molecule has 6 heteroatoms. The minimum Gasteiger partial charge on any atom is -0.503 e. The second kappa shape index (κ2) is 7.15. The molecular weight excluding hydrogens is 306 g/mol. The van der Waals surface area contributed by atoms with Gasteiger partial charge in [-0.3, -0.25) is 9.59 Å². The molecule has 2 heterocycles. The lowest BCUT2D eigenvalue weighted by Gasteiger charge is -2.29. The van der Waals surface area contributed by atoms with Crippen molar-refractivity contribution >= 4 is 11.7 Å². The lowest BCUT2D eigenvalue weighted by atomic mass is 9.97. The van der Waals surface area contributed by atoms with Crippen LogP contribution in [-0.2, 0) is 9.59 Å². The Labute approximate surface area is 141 Å². The molecule has 0 unspecified atom stereocenters. The number of nitrogens with two attached hydrogens (primary N) is 1. The molecule has 1 amide bonds. The van der Waals surface area contributed by atoms with Gasteiger partial charge < -0.3 is 20.2 Å². The molecule has 3 rings (SSSR count). The van der Waals surface area contributed by atoms with E-state index in [4.69, 9.17) is 0 Å². The van der Waals surface area contributed by atoms with Crippen molar-refractivity contribution < 1.29 is 24.9 Å². The van der Waals surface area contributed by atoms with Crippen LogP contribution in [0.2, 0.25) is 0 Å². The van der Waals surface area contributed by atoms with Crippen LogP contribution in [0.1, 0.15) is 18.5 Å². The van der Waals surface area contributed by atoms with E-state index < -0.39 is 17.7 Å². The summed E-state index contributed by atoms with van der Waals surface area (Å²) in [5.41, 5.74) is 1.08. The van der Waals surface area contributed by atoms with E-state index in [0.29, 0.717) is 6.54 Å². The van der Waals surface area contributed by atoms with Gasteiger partial charge in [-0.25, -0.2) is 0 Å². The van der Waals surface area contributed by atoms with Crippen molar-refractivity contribution in [3.63, 3.8) is 0 Å². The first-order valence-corrected chi connectivity index (χ1v) is 8.55. The van der Waals surface area contributed by atoms with Gasteiger partial charge >= 0.3 is 0 Å². The van der Waals surface area contributed by atoms with Crippen LogP contribution in [0.4, 0.5) is 0 Å². The van der Waals surface area contributed by atoms with Crippen LogP contribution in [0, 0.1) is 0 Å². The zero-order valence-corrected chi connectivity index (χ0v) is 14.0. The van der Waals surface area contributed by atoms with E-state index in [9.17, 15) is 14.7 Å². The molecule has 1 aromatic rings. The highest BCUT2D eigenvalue weighted by Crippen LogP contribution is 2.37. The van der Waals surface area contributed by atoms with Gasteiger partial charge in [0.15, 0.2) is 11.5 Å². The largest absolute Gasteiger partial charge is 0.503 e. The summed E-state index contributed by atoms with van der Waals surface area (Å²) in [6.45, 7) is 7.15. The molecule has 1 atom stereocenters. The molecule has 1 saturated heterocycles. The van der Waals surface area contributed by atoms with Crippen molar-refractivity contribution in [3.8, 4) is 0 Å². The van der Waals surface area contributed by atoms with Gasteiger partial charge in [0.05, 0.1) is 24.7 Å². The topological polar surface area (TPSA) is 78.7 Å². The van der Waals surface area contributed by atoms with Gasteiger partial charge in [0.2, 0.25) is 0 Å². The number of piperazine rings is 1. The molecular formula is C18H25N3O3+2. The maximum atomic E-state index is 12.5. The number of benzene rings is 1. The molecule has 2 aliphatic rings. The second-order valence-electron chi connectivity index (χ2n) is 6.50. The highest BCUT2D eigenvalue weighted by Gasteiger charge is 2.42. The van der Waals surface area contributed by atoms with Crippen molar-refractivity contribution in [3.05, 3.63) is 47.2 Å². The second-order valence-corrected chi connectivity index (χ2v) is 6.50. The number of Topliss-reactive ketones (excluding diaryl/α,β-unsaturated/α-hetero) is 1. The standard InChI is InChI=1S/C18H23N3O3/c1-13(22)15-16(14-5-3-2-4-6-14)21(18(24)17(15)23)12-11-20-9-7-19-8-10-20/h2-6,16,19,23H,7-12H2,1H3/p+2/t16-/m0/s1. The number of hydrogen-bond donors (Lipinski definition) is 3. The lowest BCUT2D eigenvalue weighted by Crippen LogP contribution is -3.20. The van der Waals surface area contributed by atoms with Crippen LogP contribution in [0.15, 0.2) is 41.7 Å². The third-order valence-electron chi connectivity index (χ3n) is 4.91. The zero-order valence-electron chi connectivity index (χ0n) is 14.0. The van der Waals surface area contributed by atoms with Crippen LogP contribution in [-0.4, -0.2) is 61.0 Å². The van der Waals surface area contributed by atoms with Crippen LogP contribution < -0.4 is 10.2 Å².